The average molecular weight is 260 g/mol. The number of aliphatic hydroxyl groups excluding tert-OH is 2. The van der Waals surface area contributed by atoms with Crippen LogP contribution < -0.4 is 10.2 Å². The van der Waals surface area contributed by atoms with Crippen molar-refractivity contribution >= 4 is 11.9 Å². The van der Waals surface area contributed by atoms with Crippen molar-refractivity contribution in [1.29, 1.82) is 0 Å². The maximum absolute atomic E-state index is 9.63. The van der Waals surface area contributed by atoms with Gasteiger partial charge in [0, 0.05) is 0 Å². The van der Waals surface area contributed by atoms with Gasteiger partial charge in [-0.15, -0.1) is 0 Å². The zero-order valence-electron chi connectivity index (χ0n) is 5.39. The summed E-state index contributed by atoms with van der Waals surface area (Å²) in [5, 5.41) is 35.7. The second-order valence-electron chi connectivity index (χ2n) is 1.53. The summed E-state index contributed by atoms with van der Waals surface area (Å²) in [5.74, 6) is -4.12. The molecule has 0 aliphatic rings. The Morgan fingerprint density at radius 3 is 1.27 bits per heavy atom. The molecule has 0 amide bonds. The van der Waals surface area contributed by atoms with Crippen molar-refractivity contribution in [2.24, 2.45) is 0 Å². The molecule has 0 radical (unpaired) electrons. The molecule has 0 aromatic rings. The van der Waals surface area contributed by atoms with Gasteiger partial charge in [0.2, 0.25) is 0 Å². The minimum atomic E-state index is -2.44. The van der Waals surface area contributed by atoms with E-state index in [4.69, 9.17) is 10.2 Å². The third-order valence-electron chi connectivity index (χ3n) is 0.782. The minimum Gasteiger partial charge on any atom is -0.547 e. The van der Waals surface area contributed by atoms with Crippen molar-refractivity contribution in [3.8, 4) is 0 Å². The first-order valence-electron chi connectivity index (χ1n) is 2.24. The van der Waals surface area contributed by atoms with E-state index in [9.17, 15) is 19.8 Å². The molecular weight excluding hydrogens is 256 g/mol. The fraction of sp³-hybridized carbons (Fsp3) is 0.500. The first-order chi connectivity index (χ1) is 4.46. The van der Waals surface area contributed by atoms with Crippen LogP contribution in [0.3, 0.4) is 0 Å². The Morgan fingerprint density at radius 2 is 1.18 bits per heavy atom. The Hall–Kier alpha value is -0.218. The van der Waals surface area contributed by atoms with E-state index in [1.165, 1.54) is 0 Å². The van der Waals surface area contributed by atoms with Crippen LogP contribution in [0.2, 0.25) is 0 Å². The topological polar surface area (TPSA) is 121 Å². The molecule has 0 bridgehead atoms. The van der Waals surface area contributed by atoms with Crippen molar-refractivity contribution in [3.63, 3.8) is 0 Å². The van der Waals surface area contributed by atoms with Crippen LogP contribution in [-0.2, 0) is 36.9 Å². The van der Waals surface area contributed by atoms with Gasteiger partial charge in [-0.05, 0) is 0 Å². The molecule has 0 rings (SSSR count). The number of carbonyl (C=O) groups excluding carboxylic acids is 2. The van der Waals surface area contributed by atoms with E-state index in [1.54, 1.807) is 0 Å². The van der Waals surface area contributed by atoms with Crippen molar-refractivity contribution < 1.29 is 57.3 Å². The van der Waals surface area contributed by atoms with Gasteiger partial charge in [-0.1, -0.05) is 0 Å². The van der Waals surface area contributed by atoms with Crippen LogP contribution in [0.5, 0.6) is 0 Å². The molecule has 0 aliphatic heterocycles. The third kappa shape index (κ3) is 4.27. The Bertz CT molecular complexity index is 139. The molecule has 0 heterocycles. The number of aliphatic carboxylic acids is 2. The Balaban J connectivity index is 0. The molecule has 6 nitrogen and oxygen atoms in total. The Labute approximate surface area is 81.6 Å². The molecule has 0 saturated heterocycles. The van der Waals surface area contributed by atoms with E-state index < -0.39 is 24.1 Å². The summed E-state index contributed by atoms with van der Waals surface area (Å²) in [4.78, 5) is 19.3. The van der Waals surface area contributed by atoms with E-state index in [0.29, 0.717) is 0 Å². The van der Waals surface area contributed by atoms with E-state index in [-0.39, 0.29) is 27.3 Å². The van der Waals surface area contributed by atoms with E-state index in [0.717, 1.165) is 0 Å². The van der Waals surface area contributed by atoms with Crippen LogP contribution >= 0.6 is 0 Å². The summed E-state index contributed by atoms with van der Waals surface area (Å²) in [5.41, 5.74) is 0. The van der Waals surface area contributed by atoms with Gasteiger partial charge in [0.1, 0.15) is 12.2 Å². The van der Waals surface area contributed by atoms with Crippen molar-refractivity contribution in [3.05, 3.63) is 0 Å². The second-order valence-corrected chi connectivity index (χ2v) is 1.53. The standard InChI is InChI=1S/C4H6O6.Cd/c5-1(3(7)8)2(6)4(9)10;/h1-2,5-6H,(H,7,8)(H,9,10);/q;+2/p-2/t1-,2-;/m1./s1. The van der Waals surface area contributed by atoms with Gasteiger partial charge >= 0.3 is 27.3 Å². The first-order valence-corrected chi connectivity index (χ1v) is 2.24. The zero-order valence-corrected chi connectivity index (χ0v) is 9.43. The molecule has 0 unspecified atom stereocenters. The van der Waals surface area contributed by atoms with E-state index >= 15 is 0 Å². The van der Waals surface area contributed by atoms with Gasteiger partial charge < -0.3 is 30.0 Å². The number of hydrogen-bond donors (Lipinski definition) is 2. The summed E-state index contributed by atoms with van der Waals surface area (Å²) in [6.07, 6.45) is -4.88. The summed E-state index contributed by atoms with van der Waals surface area (Å²) in [6, 6.07) is 0. The summed E-state index contributed by atoms with van der Waals surface area (Å²) in [7, 11) is 0. The number of rotatable bonds is 3. The van der Waals surface area contributed by atoms with Crippen molar-refractivity contribution in [2.75, 3.05) is 0 Å². The largest absolute Gasteiger partial charge is 2.00 e. The number of carboxylic acid groups (broad SMARTS) is 2. The van der Waals surface area contributed by atoms with Gasteiger partial charge in [-0.2, -0.15) is 0 Å². The number of aliphatic hydroxyl groups is 2. The monoisotopic (exact) mass is 262 g/mol. The van der Waals surface area contributed by atoms with Gasteiger partial charge in [-0.25, -0.2) is 0 Å². The summed E-state index contributed by atoms with van der Waals surface area (Å²) < 4.78 is 0. The summed E-state index contributed by atoms with van der Waals surface area (Å²) in [6.45, 7) is 0. The van der Waals surface area contributed by atoms with Crippen LogP contribution in [0.1, 0.15) is 0 Å². The van der Waals surface area contributed by atoms with Crippen molar-refractivity contribution in [1.82, 2.24) is 0 Å². The Morgan fingerprint density at radius 1 is 1.00 bits per heavy atom. The van der Waals surface area contributed by atoms with Crippen molar-refractivity contribution in [2.45, 2.75) is 12.2 Å². The maximum Gasteiger partial charge on any atom is 2.00 e. The van der Waals surface area contributed by atoms with Gasteiger partial charge in [0.05, 0.1) is 11.9 Å². The van der Waals surface area contributed by atoms with Crippen LogP contribution in [0.15, 0.2) is 0 Å². The molecule has 7 heteroatoms. The predicted octanol–water partition coefficient (Wildman–Crippen LogP) is -4.79. The van der Waals surface area contributed by atoms with E-state index in [1.807, 2.05) is 0 Å². The number of hydrogen-bond acceptors (Lipinski definition) is 6. The molecule has 0 aromatic carbocycles. The SMILES string of the molecule is O=C([O-])[C@H](O)[C@@H](O)C(=O)[O-].[Cd+2]. The molecule has 0 aliphatic carbocycles. The summed E-state index contributed by atoms with van der Waals surface area (Å²) >= 11 is 0. The second kappa shape index (κ2) is 5.43. The molecule has 0 saturated carbocycles. The zero-order chi connectivity index (χ0) is 8.31. The average Bonchev–Trinajstić information content (AvgIpc) is 1.84. The van der Waals surface area contributed by atoms with E-state index in [2.05, 4.69) is 0 Å². The Kier molecular flexibility index (Phi) is 6.61. The fourth-order valence-electron chi connectivity index (χ4n) is 0.258. The van der Waals surface area contributed by atoms with Crippen LogP contribution in [0.4, 0.5) is 0 Å². The molecule has 11 heavy (non-hydrogen) atoms. The molecular formula is C4H4CdO6. The third-order valence-corrected chi connectivity index (χ3v) is 0.782. The first kappa shape index (κ1) is 13.4. The molecule has 0 spiro atoms. The van der Waals surface area contributed by atoms with Crippen LogP contribution in [-0.4, -0.2) is 34.4 Å². The maximum atomic E-state index is 9.63. The van der Waals surface area contributed by atoms with Gasteiger partial charge in [0.25, 0.3) is 0 Å². The fourth-order valence-corrected chi connectivity index (χ4v) is 0.258. The molecule has 0 fully saturated rings. The molecule has 0 aromatic heterocycles. The van der Waals surface area contributed by atoms with Crippen LogP contribution in [0.25, 0.3) is 0 Å². The normalized spacial score (nSPS) is 14.4. The molecule has 2 atom stereocenters. The minimum absolute atomic E-state index is 0. The predicted molar refractivity (Wildman–Crippen MR) is 22.0 cm³/mol. The smallest absolute Gasteiger partial charge is 0.547 e. The van der Waals surface area contributed by atoms with Gasteiger partial charge in [-0.3, -0.25) is 0 Å². The quantitative estimate of drug-likeness (QED) is 0.491. The number of carboxylic acids is 2. The van der Waals surface area contributed by atoms with Gasteiger partial charge in [0.15, 0.2) is 0 Å². The molecule has 2 N–H and O–H groups in total. The van der Waals surface area contributed by atoms with Crippen LogP contribution in [0, 0.1) is 0 Å². The molecule has 58 valence electrons. The number of carbonyl (C=O) groups is 2.